The topological polar surface area (TPSA) is 17.1 Å². The molecule has 1 rings (SSSR count). The first-order chi connectivity index (χ1) is 8.41. The van der Waals surface area contributed by atoms with E-state index in [1.807, 2.05) is 0 Å². The van der Waals surface area contributed by atoms with Gasteiger partial charge in [-0.15, -0.1) is 11.8 Å². The summed E-state index contributed by atoms with van der Waals surface area (Å²) in [5.41, 5.74) is -1.41. The fraction of sp³-hybridized carbons (Fsp3) is 0.250. The van der Waals surface area contributed by atoms with Crippen LogP contribution in [-0.4, -0.2) is 5.78 Å². The quantitative estimate of drug-likeness (QED) is 0.268. The zero-order chi connectivity index (χ0) is 13.9. The molecule has 1 nitrogen and oxygen atoms in total. The summed E-state index contributed by atoms with van der Waals surface area (Å²) in [7, 11) is 0. The normalized spacial score (nSPS) is 9.89. The van der Waals surface area contributed by atoms with Crippen molar-refractivity contribution in [1.82, 2.24) is 0 Å². The molecule has 0 bridgehead atoms. The maximum atomic E-state index is 13.2. The minimum Gasteiger partial charge on any atom is -0.294 e. The standard InChI is InChI=1S/C12H7F5O/c1-2-3-4-5-6(18)7-8(13)10(15)12(17)11(16)9(7)14/h4-5H2,1H3. The molecular weight excluding hydrogens is 255 g/mol. The van der Waals surface area contributed by atoms with Crippen molar-refractivity contribution in [2.45, 2.75) is 19.8 Å². The van der Waals surface area contributed by atoms with Gasteiger partial charge in [-0.3, -0.25) is 4.79 Å². The molecule has 0 saturated carbocycles. The van der Waals surface area contributed by atoms with Crippen LogP contribution in [0.4, 0.5) is 22.0 Å². The van der Waals surface area contributed by atoms with Gasteiger partial charge in [0, 0.05) is 12.8 Å². The van der Waals surface area contributed by atoms with Gasteiger partial charge in [0.1, 0.15) is 0 Å². The van der Waals surface area contributed by atoms with Gasteiger partial charge in [-0.2, -0.15) is 0 Å². The molecule has 0 amide bonds. The van der Waals surface area contributed by atoms with E-state index in [9.17, 15) is 26.7 Å². The highest BCUT2D eigenvalue weighted by Crippen LogP contribution is 2.24. The predicted octanol–water partition coefficient (Wildman–Crippen LogP) is 3.37. The molecule has 0 N–H and O–H groups in total. The van der Waals surface area contributed by atoms with E-state index in [0.717, 1.165) is 0 Å². The van der Waals surface area contributed by atoms with E-state index in [1.165, 1.54) is 6.92 Å². The van der Waals surface area contributed by atoms with Crippen LogP contribution in [0.25, 0.3) is 0 Å². The number of halogens is 5. The summed E-state index contributed by atoms with van der Waals surface area (Å²) in [5.74, 6) is -7.04. The molecule has 0 spiro atoms. The molecule has 6 heteroatoms. The average molecular weight is 262 g/mol. The van der Waals surface area contributed by atoms with Crippen molar-refractivity contribution in [2.24, 2.45) is 0 Å². The van der Waals surface area contributed by atoms with Crippen molar-refractivity contribution in [3.8, 4) is 11.8 Å². The molecule has 0 aromatic heterocycles. The minimum absolute atomic E-state index is 0.0190. The Bertz CT molecular complexity index is 525. The number of hydrogen-bond acceptors (Lipinski definition) is 1. The molecule has 96 valence electrons. The summed E-state index contributed by atoms with van der Waals surface area (Å²) >= 11 is 0. The van der Waals surface area contributed by atoms with Gasteiger partial charge >= 0.3 is 0 Å². The zero-order valence-electron chi connectivity index (χ0n) is 9.21. The summed E-state index contributed by atoms with van der Waals surface area (Å²) in [6, 6.07) is 0. The third kappa shape index (κ3) is 2.50. The van der Waals surface area contributed by atoms with Crippen molar-refractivity contribution in [3.63, 3.8) is 0 Å². The Morgan fingerprint density at radius 1 is 0.944 bits per heavy atom. The van der Waals surface area contributed by atoms with Gasteiger partial charge in [0.15, 0.2) is 29.1 Å². The van der Waals surface area contributed by atoms with Gasteiger partial charge in [-0.05, 0) is 6.92 Å². The number of benzene rings is 1. The van der Waals surface area contributed by atoms with Gasteiger partial charge in [0.2, 0.25) is 5.82 Å². The van der Waals surface area contributed by atoms with Crippen LogP contribution in [0.15, 0.2) is 0 Å². The number of carbonyl (C=O) groups is 1. The second-order valence-electron chi connectivity index (χ2n) is 3.29. The summed E-state index contributed by atoms with van der Waals surface area (Å²) in [4.78, 5) is 11.4. The largest absolute Gasteiger partial charge is 0.294 e. The second kappa shape index (κ2) is 5.63. The van der Waals surface area contributed by atoms with E-state index in [-0.39, 0.29) is 6.42 Å². The SMILES string of the molecule is CC#CCCC(=O)c1c(F)c(F)c(F)c(F)c1F. The van der Waals surface area contributed by atoms with E-state index in [1.54, 1.807) is 0 Å². The smallest absolute Gasteiger partial charge is 0.200 e. The van der Waals surface area contributed by atoms with E-state index in [2.05, 4.69) is 11.8 Å². The van der Waals surface area contributed by atoms with Crippen LogP contribution >= 0.6 is 0 Å². The van der Waals surface area contributed by atoms with Crippen LogP contribution in [0.5, 0.6) is 0 Å². The number of rotatable bonds is 3. The maximum absolute atomic E-state index is 13.2. The van der Waals surface area contributed by atoms with Crippen molar-refractivity contribution in [3.05, 3.63) is 34.6 Å². The second-order valence-corrected chi connectivity index (χ2v) is 3.29. The van der Waals surface area contributed by atoms with E-state index in [0.29, 0.717) is 0 Å². The summed E-state index contributed by atoms with van der Waals surface area (Å²) in [6.45, 7) is 1.49. The highest BCUT2D eigenvalue weighted by molar-refractivity contribution is 5.96. The Labute approximate surface area is 99.6 Å². The Morgan fingerprint density at radius 3 is 1.83 bits per heavy atom. The highest BCUT2D eigenvalue weighted by Gasteiger charge is 2.28. The van der Waals surface area contributed by atoms with E-state index < -0.39 is 46.9 Å². The molecule has 0 radical (unpaired) electrons. The van der Waals surface area contributed by atoms with Crippen molar-refractivity contribution < 1.29 is 26.7 Å². The average Bonchev–Trinajstić information content (AvgIpc) is 2.34. The molecular formula is C12H7F5O. The third-order valence-corrected chi connectivity index (χ3v) is 2.14. The van der Waals surface area contributed by atoms with E-state index >= 15 is 0 Å². The monoisotopic (exact) mass is 262 g/mol. The van der Waals surface area contributed by atoms with Crippen molar-refractivity contribution in [1.29, 1.82) is 0 Å². The lowest BCUT2D eigenvalue weighted by atomic mass is 10.0. The van der Waals surface area contributed by atoms with Gasteiger partial charge in [-0.25, -0.2) is 22.0 Å². The predicted molar refractivity (Wildman–Crippen MR) is 53.2 cm³/mol. The number of hydrogen-bond donors (Lipinski definition) is 0. The summed E-state index contributed by atoms with van der Waals surface area (Å²) < 4.78 is 64.7. The third-order valence-electron chi connectivity index (χ3n) is 2.14. The molecule has 1 aromatic rings. The molecule has 18 heavy (non-hydrogen) atoms. The van der Waals surface area contributed by atoms with Gasteiger partial charge < -0.3 is 0 Å². The molecule has 0 aliphatic carbocycles. The maximum Gasteiger partial charge on any atom is 0.200 e. The molecule has 0 unspecified atom stereocenters. The van der Waals surface area contributed by atoms with Crippen LogP contribution in [0.1, 0.15) is 30.1 Å². The van der Waals surface area contributed by atoms with Gasteiger partial charge in [0.05, 0.1) is 5.56 Å². The van der Waals surface area contributed by atoms with Crippen molar-refractivity contribution >= 4 is 5.78 Å². The lowest BCUT2D eigenvalue weighted by Gasteiger charge is -2.06. The minimum atomic E-state index is -2.28. The Balaban J connectivity index is 3.23. The summed E-state index contributed by atoms with van der Waals surface area (Å²) in [6.07, 6.45) is -0.436. The first-order valence-electron chi connectivity index (χ1n) is 4.86. The molecule has 0 heterocycles. The zero-order valence-corrected chi connectivity index (χ0v) is 9.21. The lowest BCUT2D eigenvalue weighted by molar-refractivity contribution is 0.0973. The van der Waals surface area contributed by atoms with Gasteiger partial charge in [0.25, 0.3) is 0 Å². The van der Waals surface area contributed by atoms with Crippen LogP contribution in [0.3, 0.4) is 0 Å². The first kappa shape index (κ1) is 14.2. The Kier molecular flexibility index (Phi) is 4.43. The number of ketones is 1. The van der Waals surface area contributed by atoms with Crippen LogP contribution in [-0.2, 0) is 0 Å². The van der Waals surface area contributed by atoms with Crippen LogP contribution in [0.2, 0.25) is 0 Å². The molecule has 0 aliphatic heterocycles. The highest BCUT2D eigenvalue weighted by atomic mass is 19.2. The number of Topliss-reactive ketones (excluding diaryl/α,β-unsaturated/α-hetero) is 1. The van der Waals surface area contributed by atoms with Crippen LogP contribution in [0, 0.1) is 40.9 Å². The summed E-state index contributed by atoms with van der Waals surface area (Å²) in [5, 5.41) is 0. The molecule has 0 fully saturated rings. The van der Waals surface area contributed by atoms with E-state index in [4.69, 9.17) is 0 Å². The fourth-order valence-corrected chi connectivity index (χ4v) is 1.28. The first-order valence-corrected chi connectivity index (χ1v) is 4.86. The molecule has 0 atom stereocenters. The van der Waals surface area contributed by atoms with Gasteiger partial charge in [-0.1, -0.05) is 0 Å². The molecule has 1 aromatic carbocycles. The molecule has 0 saturated heterocycles. The Morgan fingerprint density at radius 2 is 1.39 bits per heavy atom. The Hall–Kier alpha value is -1.90. The molecule has 0 aliphatic rings. The van der Waals surface area contributed by atoms with Crippen molar-refractivity contribution in [2.75, 3.05) is 0 Å². The fourth-order valence-electron chi connectivity index (χ4n) is 1.28. The lowest BCUT2D eigenvalue weighted by Crippen LogP contribution is -2.12. The van der Waals surface area contributed by atoms with Crippen LogP contribution < -0.4 is 0 Å². The number of carbonyl (C=O) groups excluding carboxylic acids is 1.